The molecule has 1 saturated heterocycles. The number of alkyl halides is 3. The molecule has 1 atom stereocenters. The first-order valence-electron chi connectivity index (χ1n) is 12.2. The van der Waals surface area contributed by atoms with E-state index in [1.54, 1.807) is 0 Å². The molecule has 1 fully saturated rings. The van der Waals surface area contributed by atoms with Crippen molar-refractivity contribution in [3.8, 4) is 11.6 Å². The summed E-state index contributed by atoms with van der Waals surface area (Å²) < 4.78 is 39.7. The Hall–Kier alpha value is -4.02. The number of hydrogen-bond acceptors (Lipinski definition) is 5. The number of para-hydroxylation sites is 1. The molecular formula is C27H29F3N4O4. The fraction of sp³-hybridized carbons (Fsp3) is 0.370. The van der Waals surface area contributed by atoms with Gasteiger partial charge >= 0.3 is 12.1 Å². The van der Waals surface area contributed by atoms with Crippen molar-refractivity contribution >= 4 is 17.6 Å². The van der Waals surface area contributed by atoms with Crippen molar-refractivity contribution in [2.24, 2.45) is 5.92 Å². The first-order valence-corrected chi connectivity index (χ1v) is 12.2. The Morgan fingerprint density at radius 1 is 1.11 bits per heavy atom. The molecule has 0 bridgehead atoms. The number of aromatic nitrogens is 2. The maximum Gasteiger partial charge on any atom is 0.490 e. The molecule has 1 spiro atoms. The van der Waals surface area contributed by atoms with E-state index in [0.29, 0.717) is 19.0 Å². The van der Waals surface area contributed by atoms with Crippen molar-refractivity contribution in [1.82, 2.24) is 14.5 Å². The van der Waals surface area contributed by atoms with Crippen LogP contribution in [0.2, 0.25) is 0 Å². The second-order valence-corrected chi connectivity index (χ2v) is 9.62. The van der Waals surface area contributed by atoms with E-state index in [0.717, 1.165) is 30.2 Å². The van der Waals surface area contributed by atoms with Crippen LogP contribution in [0.3, 0.4) is 0 Å². The van der Waals surface area contributed by atoms with E-state index in [9.17, 15) is 18.0 Å². The van der Waals surface area contributed by atoms with Crippen LogP contribution in [0.5, 0.6) is 5.75 Å². The van der Waals surface area contributed by atoms with Crippen molar-refractivity contribution in [2.45, 2.75) is 32.0 Å². The average Bonchev–Trinajstić information content (AvgIpc) is 3.55. The highest BCUT2D eigenvalue weighted by atomic mass is 19.4. The summed E-state index contributed by atoms with van der Waals surface area (Å²) in [4.78, 5) is 31.1. The van der Waals surface area contributed by atoms with Crippen molar-refractivity contribution in [3.05, 3.63) is 72.7 Å². The number of ether oxygens (including phenoxy) is 1. The van der Waals surface area contributed by atoms with Gasteiger partial charge in [0.15, 0.2) is 12.4 Å². The number of carboxylic acids is 1. The van der Waals surface area contributed by atoms with Crippen molar-refractivity contribution < 1.29 is 32.6 Å². The number of benzene rings is 1. The highest BCUT2D eigenvalue weighted by Crippen LogP contribution is 2.47. The molecule has 3 aromatic rings. The fourth-order valence-corrected chi connectivity index (χ4v) is 4.93. The van der Waals surface area contributed by atoms with Crippen LogP contribution < -0.4 is 9.64 Å². The zero-order valence-electron chi connectivity index (χ0n) is 21.1. The largest absolute Gasteiger partial charge is 0.490 e. The highest BCUT2D eigenvalue weighted by Gasteiger charge is 2.50. The van der Waals surface area contributed by atoms with E-state index in [-0.39, 0.29) is 18.1 Å². The van der Waals surface area contributed by atoms with Crippen molar-refractivity contribution in [2.75, 3.05) is 31.1 Å². The Kier molecular flexibility index (Phi) is 7.66. The van der Waals surface area contributed by atoms with Gasteiger partial charge in [-0.3, -0.25) is 4.79 Å². The lowest BCUT2D eigenvalue weighted by molar-refractivity contribution is -0.192. The SMILES string of the molecule is CC(C)CN1c2cccnc2-n2cccc2C12CCN(C(=O)COc1ccccc1)C2.O=C(O)C(F)(F)F. The van der Waals surface area contributed by atoms with Crippen LogP contribution in [-0.2, 0) is 15.1 Å². The Balaban J connectivity index is 0.000000426. The third-order valence-corrected chi connectivity index (χ3v) is 6.52. The first-order chi connectivity index (χ1) is 18.0. The van der Waals surface area contributed by atoms with Crippen LogP contribution in [-0.4, -0.2) is 63.9 Å². The van der Waals surface area contributed by atoms with E-state index in [1.807, 2.05) is 47.5 Å². The zero-order valence-corrected chi connectivity index (χ0v) is 21.1. The first kappa shape index (κ1) is 27.0. The standard InChI is InChI=1S/C25H28N4O2.C2HF3O2/c1-19(2)16-29-21-10-6-13-26-24(21)28-14-7-11-22(28)25(29)12-15-27(18-25)23(30)17-31-20-8-4-3-5-9-20;3-2(4,5)1(6)7/h3-11,13-14,19H,12,15-18H2,1-2H3;(H,6,7). The number of halogens is 3. The number of aliphatic carboxylic acids is 1. The van der Waals surface area contributed by atoms with E-state index >= 15 is 0 Å². The molecule has 38 heavy (non-hydrogen) atoms. The van der Waals surface area contributed by atoms with Gasteiger partial charge in [-0.25, -0.2) is 9.78 Å². The molecule has 1 aromatic carbocycles. The fourth-order valence-electron chi connectivity index (χ4n) is 4.93. The molecule has 2 aliphatic rings. The van der Waals surface area contributed by atoms with Crippen LogP contribution in [0, 0.1) is 5.92 Å². The molecule has 0 aliphatic carbocycles. The van der Waals surface area contributed by atoms with Gasteiger partial charge in [0.25, 0.3) is 5.91 Å². The summed E-state index contributed by atoms with van der Waals surface area (Å²) in [6.45, 7) is 6.81. The van der Waals surface area contributed by atoms with Gasteiger partial charge < -0.3 is 24.2 Å². The third kappa shape index (κ3) is 5.46. The molecule has 2 aromatic heterocycles. The minimum absolute atomic E-state index is 0.0281. The van der Waals surface area contributed by atoms with Gasteiger partial charge in [0.1, 0.15) is 11.3 Å². The number of carbonyl (C=O) groups excluding carboxylic acids is 1. The number of likely N-dealkylation sites (tertiary alicyclic amines) is 1. The number of amides is 1. The Morgan fingerprint density at radius 2 is 1.82 bits per heavy atom. The second-order valence-electron chi connectivity index (χ2n) is 9.62. The maximum absolute atomic E-state index is 13.0. The molecule has 202 valence electrons. The summed E-state index contributed by atoms with van der Waals surface area (Å²) in [6, 6.07) is 17.9. The van der Waals surface area contributed by atoms with Crippen molar-refractivity contribution in [3.63, 3.8) is 0 Å². The number of anilines is 1. The van der Waals surface area contributed by atoms with Crippen LogP contribution in [0.4, 0.5) is 18.9 Å². The maximum atomic E-state index is 13.0. The van der Waals surface area contributed by atoms with Crippen LogP contribution >= 0.6 is 0 Å². The molecule has 8 nitrogen and oxygen atoms in total. The van der Waals surface area contributed by atoms with E-state index in [4.69, 9.17) is 14.6 Å². The average molecular weight is 531 g/mol. The number of carbonyl (C=O) groups is 2. The number of hydrogen-bond donors (Lipinski definition) is 1. The molecule has 1 amide bonds. The lowest BCUT2D eigenvalue weighted by Gasteiger charge is -2.47. The second kappa shape index (κ2) is 10.8. The van der Waals surface area contributed by atoms with Crippen LogP contribution in [0.1, 0.15) is 26.0 Å². The quantitative estimate of drug-likeness (QED) is 0.523. The van der Waals surface area contributed by atoms with E-state index in [2.05, 4.69) is 52.7 Å². The molecule has 11 heteroatoms. The monoisotopic (exact) mass is 530 g/mol. The van der Waals surface area contributed by atoms with E-state index < -0.39 is 12.1 Å². The Morgan fingerprint density at radius 3 is 2.47 bits per heavy atom. The zero-order chi connectivity index (χ0) is 27.5. The minimum atomic E-state index is -5.08. The van der Waals surface area contributed by atoms with E-state index in [1.165, 1.54) is 5.69 Å². The number of rotatable bonds is 5. The van der Waals surface area contributed by atoms with Gasteiger partial charge in [0, 0.05) is 32.0 Å². The van der Waals surface area contributed by atoms with Gasteiger partial charge in [-0.15, -0.1) is 0 Å². The Labute approximate surface area is 218 Å². The lowest BCUT2D eigenvalue weighted by atomic mass is 9.88. The molecule has 0 saturated carbocycles. The number of carboxylic acid groups (broad SMARTS) is 1. The predicted molar refractivity (Wildman–Crippen MR) is 134 cm³/mol. The molecular weight excluding hydrogens is 501 g/mol. The van der Waals surface area contributed by atoms with Gasteiger partial charge in [0.05, 0.1) is 11.4 Å². The molecule has 4 heterocycles. The molecule has 5 rings (SSSR count). The molecule has 1 unspecified atom stereocenters. The van der Waals surface area contributed by atoms with Gasteiger partial charge in [-0.05, 0) is 48.7 Å². The summed E-state index contributed by atoms with van der Waals surface area (Å²) in [6.07, 6.45) is -0.271. The van der Waals surface area contributed by atoms with Gasteiger partial charge in [0.2, 0.25) is 0 Å². The predicted octanol–water partition coefficient (Wildman–Crippen LogP) is 4.49. The van der Waals surface area contributed by atoms with Crippen LogP contribution in [0.25, 0.3) is 5.82 Å². The molecule has 0 radical (unpaired) electrons. The number of fused-ring (bicyclic) bond motifs is 4. The summed E-state index contributed by atoms with van der Waals surface area (Å²) in [5, 5.41) is 7.12. The molecule has 1 N–H and O–H groups in total. The normalized spacial score (nSPS) is 18.1. The number of pyridine rings is 1. The summed E-state index contributed by atoms with van der Waals surface area (Å²) in [7, 11) is 0. The van der Waals surface area contributed by atoms with Gasteiger partial charge in [-0.1, -0.05) is 32.0 Å². The summed E-state index contributed by atoms with van der Waals surface area (Å²) >= 11 is 0. The topological polar surface area (TPSA) is 87.9 Å². The third-order valence-electron chi connectivity index (χ3n) is 6.52. The highest BCUT2D eigenvalue weighted by molar-refractivity contribution is 5.79. The summed E-state index contributed by atoms with van der Waals surface area (Å²) in [5.74, 6) is -0.561. The Bertz CT molecular complexity index is 1280. The van der Waals surface area contributed by atoms with Gasteiger partial charge in [-0.2, -0.15) is 13.2 Å². The van der Waals surface area contributed by atoms with Crippen LogP contribution in [0.15, 0.2) is 67.0 Å². The molecule has 2 aliphatic heterocycles. The lowest BCUT2D eigenvalue weighted by Crippen LogP contribution is -2.54. The minimum Gasteiger partial charge on any atom is -0.484 e. The number of nitrogens with zero attached hydrogens (tertiary/aromatic N) is 4. The van der Waals surface area contributed by atoms with Crippen molar-refractivity contribution in [1.29, 1.82) is 0 Å². The smallest absolute Gasteiger partial charge is 0.484 e. The summed E-state index contributed by atoms with van der Waals surface area (Å²) in [5.41, 5.74) is 2.08.